The summed E-state index contributed by atoms with van der Waals surface area (Å²) in [7, 11) is 0. The zero-order valence-corrected chi connectivity index (χ0v) is 16.2. The molecule has 2 atom stereocenters. The second-order valence-corrected chi connectivity index (χ2v) is 8.45. The second-order valence-electron chi connectivity index (χ2n) is 8.45. The smallest absolute Gasteiger partial charge is 0.351 e. The molecule has 5 nitrogen and oxygen atoms in total. The molecule has 1 N–H and O–H groups in total. The fourth-order valence-corrected chi connectivity index (χ4v) is 3.69. The van der Waals surface area contributed by atoms with E-state index >= 15 is 0 Å². The lowest BCUT2D eigenvalue weighted by atomic mass is 9.92. The Hall–Kier alpha value is -1.57. The highest BCUT2D eigenvalue weighted by atomic mass is 19.4. The lowest BCUT2D eigenvalue weighted by molar-refractivity contribution is -0.146. The fraction of sp³-hybridized carbons (Fsp3) is 0.778. The quantitative estimate of drug-likeness (QED) is 0.879. The van der Waals surface area contributed by atoms with Crippen LogP contribution in [-0.4, -0.2) is 46.8 Å². The molecule has 26 heavy (non-hydrogen) atoms. The van der Waals surface area contributed by atoms with Crippen LogP contribution in [0.15, 0.2) is 6.20 Å². The van der Waals surface area contributed by atoms with Gasteiger partial charge in [0, 0.05) is 26.2 Å². The van der Waals surface area contributed by atoms with Crippen molar-refractivity contribution in [1.29, 1.82) is 0 Å². The topological polar surface area (TPSA) is 50.2 Å². The summed E-state index contributed by atoms with van der Waals surface area (Å²) in [6.07, 6.45) is -2.45. The van der Waals surface area contributed by atoms with Crippen LogP contribution in [0.4, 0.5) is 13.2 Å². The molecule has 8 heteroatoms. The van der Waals surface area contributed by atoms with E-state index in [2.05, 4.69) is 29.2 Å². The summed E-state index contributed by atoms with van der Waals surface area (Å²) < 4.78 is 41.3. The Kier molecular flexibility index (Phi) is 6.05. The second kappa shape index (κ2) is 7.58. The maximum Gasteiger partial charge on any atom is 0.433 e. The summed E-state index contributed by atoms with van der Waals surface area (Å²) in [6, 6.07) is 0. The van der Waals surface area contributed by atoms with Gasteiger partial charge in [-0.3, -0.25) is 9.48 Å². The van der Waals surface area contributed by atoms with Crippen LogP contribution >= 0.6 is 0 Å². The Morgan fingerprint density at radius 1 is 1.23 bits per heavy atom. The monoisotopic (exact) mass is 374 g/mol. The Balaban J connectivity index is 2.05. The van der Waals surface area contributed by atoms with E-state index in [0.717, 1.165) is 24.0 Å². The van der Waals surface area contributed by atoms with Crippen LogP contribution in [0.2, 0.25) is 0 Å². The van der Waals surface area contributed by atoms with E-state index in [1.165, 1.54) is 6.42 Å². The first kappa shape index (κ1) is 20.7. The number of hydrogen-bond donors (Lipinski definition) is 1. The summed E-state index contributed by atoms with van der Waals surface area (Å²) in [5.41, 5.74) is -2.29. The van der Waals surface area contributed by atoms with E-state index < -0.39 is 28.9 Å². The van der Waals surface area contributed by atoms with Crippen molar-refractivity contribution >= 4 is 5.91 Å². The van der Waals surface area contributed by atoms with Crippen molar-refractivity contribution in [2.45, 2.75) is 52.8 Å². The molecule has 0 bridgehead atoms. The Bertz CT molecular complexity index is 623. The number of piperidine rings is 1. The molecule has 0 aromatic carbocycles. The van der Waals surface area contributed by atoms with Crippen molar-refractivity contribution in [3.05, 3.63) is 17.5 Å². The number of carbonyl (C=O) groups excluding carboxylic acids is 1. The molecule has 0 aliphatic carbocycles. The van der Waals surface area contributed by atoms with Crippen LogP contribution in [0.5, 0.6) is 0 Å². The maximum atomic E-state index is 13.5. The minimum absolute atomic E-state index is 0.316. The van der Waals surface area contributed by atoms with Gasteiger partial charge in [0.2, 0.25) is 0 Å². The first-order valence-electron chi connectivity index (χ1n) is 9.06. The van der Waals surface area contributed by atoms with E-state index in [1.807, 2.05) is 0 Å². The third kappa shape index (κ3) is 4.99. The van der Waals surface area contributed by atoms with Gasteiger partial charge in [-0.1, -0.05) is 13.8 Å². The van der Waals surface area contributed by atoms with E-state index in [9.17, 15) is 18.0 Å². The molecule has 2 rings (SSSR count). The van der Waals surface area contributed by atoms with Gasteiger partial charge in [-0.25, -0.2) is 0 Å². The van der Waals surface area contributed by atoms with Gasteiger partial charge in [0.1, 0.15) is 0 Å². The summed E-state index contributed by atoms with van der Waals surface area (Å²) in [4.78, 5) is 14.6. The molecule has 0 saturated carbocycles. The molecule has 1 fully saturated rings. The molecule has 2 heterocycles. The average Bonchev–Trinajstić information content (AvgIpc) is 2.91. The van der Waals surface area contributed by atoms with Gasteiger partial charge >= 0.3 is 6.18 Å². The van der Waals surface area contributed by atoms with Gasteiger partial charge in [-0.15, -0.1) is 0 Å². The summed E-state index contributed by atoms with van der Waals surface area (Å²) >= 11 is 0. The minimum Gasteiger partial charge on any atom is -0.351 e. The number of carbonyl (C=O) groups is 1. The van der Waals surface area contributed by atoms with Gasteiger partial charge in [0.25, 0.3) is 5.91 Å². The molecular formula is C18H29F3N4O. The molecule has 1 aromatic rings. The summed E-state index contributed by atoms with van der Waals surface area (Å²) in [6.45, 7) is 12.1. The maximum absolute atomic E-state index is 13.5. The number of hydrogen-bond acceptors (Lipinski definition) is 3. The number of amides is 1. The van der Waals surface area contributed by atoms with Crippen LogP contribution in [0.3, 0.4) is 0 Å². The highest BCUT2D eigenvalue weighted by molar-refractivity contribution is 5.95. The Labute approximate surface area is 152 Å². The fourth-order valence-electron chi connectivity index (χ4n) is 3.69. The van der Waals surface area contributed by atoms with Crippen molar-refractivity contribution in [3.8, 4) is 0 Å². The molecule has 0 unspecified atom stereocenters. The zero-order chi connectivity index (χ0) is 19.7. The van der Waals surface area contributed by atoms with Crippen LogP contribution in [-0.2, 0) is 11.7 Å². The number of nitrogens with zero attached hydrogens (tertiary/aromatic N) is 3. The van der Waals surface area contributed by atoms with Crippen LogP contribution in [0, 0.1) is 11.8 Å². The van der Waals surface area contributed by atoms with Crippen LogP contribution in [0.25, 0.3) is 0 Å². The van der Waals surface area contributed by atoms with Crippen molar-refractivity contribution in [1.82, 2.24) is 20.0 Å². The number of rotatable bonds is 4. The summed E-state index contributed by atoms with van der Waals surface area (Å²) in [5, 5.41) is 6.44. The molecule has 1 aliphatic heterocycles. The predicted molar refractivity (Wildman–Crippen MR) is 93.9 cm³/mol. The first-order valence-corrected chi connectivity index (χ1v) is 9.06. The van der Waals surface area contributed by atoms with E-state index in [-0.39, 0.29) is 0 Å². The van der Waals surface area contributed by atoms with Gasteiger partial charge < -0.3 is 10.2 Å². The lowest BCUT2D eigenvalue weighted by Gasteiger charge is -2.34. The largest absolute Gasteiger partial charge is 0.433 e. The molecule has 148 valence electrons. The number of likely N-dealkylation sites (tertiary alicyclic amines) is 1. The molecule has 1 aliphatic rings. The number of alkyl halides is 3. The standard InChI is InChI=1S/C18H29F3N4O/c1-12-8-13(2)11-24(10-12)7-6-22-16(26)14-9-23-25(17(3,4)5)15(14)18(19,20)21/h9,12-13H,6-8,10-11H2,1-5H3,(H,22,26)/t12-,13-/m1/s1. The van der Waals surface area contributed by atoms with Crippen molar-refractivity contribution < 1.29 is 18.0 Å². The van der Waals surface area contributed by atoms with Crippen molar-refractivity contribution in [2.75, 3.05) is 26.2 Å². The number of aromatic nitrogens is 2. The van der Waals surface area contributed by atoms with Gasteiger partial charge in [0.05, 0.1) is 17.3 Å². The van der Waals surface area contributed by atoms with Crippen molar-refractivity contribution in [3.63, 3.8) is 0 Å². The van der Waals surface area contributed by atoms with E-state index in [4.69, 9.17) is 0 Å². The highest BCUT2D eigenvalue weighted by Crippen LogP contribution is 2.34. The average molecular weight is 374 g/mol. The Morgan fingerprint density at radius 3 is 2.31 bits per heavy atom. The van der Waals surface area contributed by atoms with Crippen molar-refractivity contribution in [2.24, 2.45) is 11.8 Å². The molecule has 1 amide bonds. The molecule has 1 saturated heterocycles. The number of halogens is 3. The molecular weight excluding hydrogens is 345 g/mol. The third-order valence-corrected chi connectivity index (χ3v) is 4.58. The van der Waals surface area contributed by atoms with Gasteiger partial charge in [-0.2, -0.15) is 18.3 Å². The zero-order valence-electron chi connectivity index (χ0n) is 16.2. The SMILES string of the molecule is C[C@@H]1C[C@@H](C)CN(CCNC(=O)c2cnn(C(C)(C)C)c2C(F)(F)F)C1. The van der Waals surface area contributed by atoms with Gasteiger partial charge in [0.15, 0.2) is 5.69 Å². The van der Waals surface area contributed by atoms with E-state index in [0.29, 0.717) is 24.9 Å². The summed E-state index contributed by atoms with van der Waals surface area (Å²) in [5.74, 6) is 0.457. The van der Waals surface area contributed by atoms with Gasteiger partial charge in [-0.05, 0) is 39.0 Å². The van der Waals surface area contributed by atoms with Crippen LogP contribution < -0.4 is 5.32 Å². The molecule has 0 radical (unpaired) electrons. The lowest BCUT2D eigenvalue weighted by Crippen LogP contribution is -2.43. The normalized spacial score (nSPS) is 22.5. The van der Waals surface area contributed by atoms with Crippen LogP contribution in [0.1, 0.15) is 57.1 Å². The third-order valence-electron chi connectivity index (χ3n) is 4.58. The predicted octanol–water partition coefficient (Wildman–Crippen LogP) is 3.36. The molecule has 1 aromatic heterocycles. The Morgan fingerprint density at radius 2 is 1.81 bits per heavy atom. The van der Waals surface area contributed by atoms with E-state index in [1.54, 1.807) is 20.8 Å². The number of nitrogens with one attached hydrogen (secondary N) is 1. The minimum atomic E-state index is -4.64. The molecule has 0 spiro atoms. The highest BCUT2D eigenvalue weighted by Gasteiger charge is 2.42. The first-order chi connectivity index (χ1) is 11.9.